The first-order chi connectivity index (χ1) is 15.9. The molecule has 33 heavy (non-hydrogen) atoms. The highest BCUT2D eigenvalue weighted by Gasteiger charge is 2.17. The molecule has 0 aliphatic rings. The molecule has 4 aromatic rings. The van der Waals surface area contributed by atoms with Gasteiger partial charge in [0.25, 0.3) is 5.56 Å². The summed E-state index contributed by atoms with van der Waals surface area (Å²) in [6, 6.07) is 15.3. The SMILES string of the molecule is COc1cccc(Cn2c(=O)c3sccc3n(CC(=O)Nc3cccc(C(C)=O)c3)c2=O)c1. The molecule has 2 aromatic heterocycles. The molecule has 168 valence electrons. The van der Waals surface area contributed by atoms with Crippen molar-refractivity contribution < 1.29 is 14.3 Å². The van der Waals surface area contributed by atoms with Gasteiger partial charge in [-0.15, -0.1) is 11.3 Å². The van der Waals surface area contributed by atoms with E-state index in [1.165, 1.54) is 22.8 Å². The number of Topliss-reactive ketones (excluding diaryl/α,β-unsaturated/α-hetero) is 1. The molecule has 0 aliphatic carbocycles. The highest BCUT2D eigenvalue weighted by molar-refractivity contribution is 7.17. The maximum Gasteiger partial charge on any atom is 0.332 e. The summed E-state index contributed by atoms with van der Waals surface area (Å²) in [7, 11) is 1.54. The fourth-order valence-electron chi connectivity index (χ4n) is 3.54. The number of aromatic nitrogens is 2. The molecule has 0 atom stereocenters. The van der Waals surface area contributed by atoms with Crippen molar-refractivity contribution in [3.05, 3.63) is 91.9 Å². The van der Waals surface area contributed by atoms with Gasteiger partial charge in [0.05, 0.1) is 19.2 Å². The highest BCUT2D eigenvalue weighted by Crippen LogP contribution is 2.17. The van der Waals surface area contributed by atoms with E-state index in [-0.39, 0.29) is 18.9 Å². The summed E-state index contributed by atoms with van der Waals surface area (Å²) in [6.07, 6.45) is 0. The molecule has 0 spiro atoms. The monoisotopic (exact) mass is 463 g/mol. The van der Waals surface area contributed by atoms with Gasteiger partial charge in [0.1, 0.15) is 17.0 Å². The van der Waals surface area contributed by atoms with Gasteiger partial charge in [-0.3, -0.25) is 23.5 Å². The third-order valence-electron chi connectivity index (χ3n) is 5.17. The van der Waals surface area contributed by atoms with Gasteiger partial charge in [0, 0.05) is 11.3 Å². The number of carbonyl (C=O) groups is 2. The predicted molar refractivity (Wildman–Crippen MR) is 128 cm³/mol. The Kier molecular flexibility index (Phi) is 6.23. The second kappa shape index (κ2) is 9.25. The van der Waals surface area contributed by atoms with Crippen LogP contribution in [0.1, 0.15) is 22.8 Å². The van der Waals surface area contributed by atoms with Crippen LogP contribution in [0.25, 0.3) is 10.2 Å². The van der Waals surface area contributed by atoms with Crippen LogP contribution < -0.4 is 21.3 Å². The molecule has 0 saturated heterocycles. The number of ketones is 1. The fourth-order valence-corrected chi connectivity index (χ4v) is 4.38. The van der Waals surface area contributed by atoms with Crippen molar-refractivity contribution in [1.29, 1.82) is 0 Å². The molecule has 0 radical (unpaired) electrons. The summed E-state index contributed by atoms with van der Waals surface area (Å²) in [5.74, 6) is 0.0500. The molecule has 1 amide bonds. The van der Waals surface area contributed by atoms with Crippen LogP contribution >= 0.6 is 11.3 Å². The molecule has 0 fully saturated rings. The molecule has 2 heterocycles. The van der Waals surface area contributed by atoms with E-state index in [1.807, 2.05) is 0 Å². The van der Waals surface area contributed by atoms with Crippen LogP contribution in [0.2, 0.25) is 0 Å². The van der Waals surface area contributed by atoms with E-state index in [2.05, 4.69) is 5.32 Å². The quantitative estimate of drug-likeness (QED) is 0.425. The van der Waals surface area contributed by atoms with Gasteiger partial charge in [-0.25, -0.2) is 4.79 Å². The van der Waals surface area contributed by atoms with Crippen molar-refractivity contribution >= 4 is 38.9 Å². The molecule has 2 aromatic carbocycles. The van der Waals surface area contributed by atoms with Crippen LogP contribution in [-0.4, -0.2) is 27.9 Å². The first-order valence-corrected chi connectivity index (χ1v) is 11.0. The third-order valence-corrected chi connectivity index (χ3v) is 6.06. The zero-order chi connectivity index (χ0) is 23.5. The maximum absolute atomic E-state index is 13.3. The minimum Gasteiger partial charge on any atom is -0.497 e. The number of hydrogen-bond acceptors (Lipinski definition) is 6. The lowest BCUT2D eigenvalue weighted by Crippen LogP contribution is -2.41. The number of ether oxygens (including phenoxy) is 1. The number of benzene rings is 2. The Hall–Kier alpha value is -3.98. The Morgan fingerprint density at radius 1 is 1.03 bits per heavy atom. The smallest absolute Gasteiger partial charge is 0.332 e. The standard InChI is InChI=1S/C24H21N3O5S/c1-15(28)17-6-4-7-18(12-17)25-21(29)14-26-20-9-10-33-22(20)23(30)27(24(26)31)13-16-5-3-8-19(11-16)32-2/h3-12H,13-14H2,1-2H3,(H,25,29). The van der Waals surface area contributed by atoms with Crippen molar-refractivity contribution in [3.8, 4) is 5.75 Å². The molecule has 0 saturated carbocycles. The molecule has 0 aliphatic heterocycles. The summed E-state index contributed by atoms with van der Waals surface area (Å²) < 4.78 is 8.03. The van der Waals surface area contributed by atoms with Crippen molar-refractivity contribution in [2.45, 2.75) is 20.0 Å². The van der Waals surface area contributed by atoms with Gasteiger partial charge in [-0.1, -0.05) is 24.3 Å². The molecule has 0 bridgehead atoms. The van der Waals surface area contributed by atoms with Crippen LogP contribution in [0.5, 0.6) is 5.75 Å². The minimum absolute atomic E-state index is 0.0466. The lowest BCUT2D eigenvalue weighted by atomic mass is 10.1. The molecule has 8 nitrogen and oxygen atoms in total. The highest BCUT2D eigenvalue weighted by atomic mass is 32.1. The fraction of sp³-hybridized carbons (Fsp3) is 0.167. The normalized spacial score (nSPS) is 10.8. The predicted octanol–water partition coefficient (Wildman–Crippen LogP) is 3.12. The molecule has 9 heteroatoms. The van der Waals surface area contributed by atoms with Crippen LogP contribution in [0.3, 0.4) is 0 Å². The second-order valence-corrected chi connectivity index (χ2v) is 8.35. The van der Waals surface area contributed by atoms with Crippen LogP contribution in [0.4, 0.5) is 5.69 Å². The van der Waals surface area contributed by atoms with E-state index in [9.17, 15) is 19.2 Å². The van der Waals surface area contributed by atoms with Gasteiger partial charge >= 0.3 is 5.69 Å². The Morgan fingerprint density at radius 2 is 1.82 bits per heavy atom. The van der Waals surface area contributed by atoms with Gasteiger partial charge in [0.2, 0.25) is 5.91 Å². The van der Waals surface area contributed by atoms with Crippen LogP contribution in [0, 0.1) is 0 Å². The van der Waals surface area contributed by atoms with E-state index in [4.69, 9.17) is 4.74 Å². The van der Waals surface area contributed by atoms with Crippen molar-refractivity contribution in [3.63, 3.8) is 0 Å². The largest absolute Gasteiger partial charge is 0.497 e. The van der Waals surface area contributed by atoms with Crippen molar-refractivity contribution in [1.82, 2.24) is 9.13 Å². The lowest BCUT2D eigenvalue weighted by Gasteiger charge is -2.13. The van der Waals surface area contributed by atoms with Gasteiger partial charge < -0.3 is 10.1 Å². The third kappa shape index (κ3) is 4.63. The van der Waals surface area contributed by atoms with Crippen LogP contribution in [0.15, 0.2) is 69.6 Å². The zero-order valence-corrected chi connectivity index (χ0v) is 18.8. The van der Waals surface area contributed by atoms with Gasteiger partial charge in [-0.2, -0.15) is 0 Å². The summed E-state index contributed by atoms with van der Waals surface area (Å²) in [4.78, 5) is 50.6. The number of hydrogen-bond donors (Lipinski definition) is 1. The number of methoxy groups -OCH3 is 1. The Labute approximate surface area is 192 Å². The molecular weight excluding hydrogens is 442 g/mol. The summed E-state index contributed by atoms with van der Waals surface area (Å²) in [6.45, 7) is 1.21. The second-order valence-electron chi connectivity index (χ2n) is 7.43. The number of fused-ring (bicyclic) bond motifs is 1. The van der Waals surface area contributed by atoms with E-state index in [0.717, 1.165) is 10.1 Å². The number of rotatable bonds is 7. The number of carbonyl (C=O) groups excluding carboxylic acids is 2. The maximum atomic E-state index is 13.3. The average Bonchev–Trinajstić information content (AvgIpc) is 3.30. The van der Waals surface area contributed by atoms with E-state index in [0.29, 0.717) is 27.2 Å². The average molecular weight is 464 g/mol. The molecular formula is C24H21N3O5S. The number of thiophene rings is 1. The number of amides is 1. The Bertz CT molecular complexity index is 1480. The first kappa shape index (κ1) is 22.2. The lowest BCUT2D eigenvalue weighted by molar-refractivity contribution is -0.116. The molecule has 1 N–H and O–H groups in total. The first-order valence-electron chi connectivity index (χ1n) is 10.1. The summed E-state index contributed by atoms with van der Waals surface area (Å²) in [5.41, 5.74) is 1.06. The topological polar surface area (TPSA) is 99.4 Å². The minimum atomic E-state index is -0.582. The van der Waals surface area contributed by atoms with E-state index < -0.39 is 17.2 Å². The summed E-state index contributed by atoms with van der Waals surface area (Å²) >= 11 is 1.22. The van der Waals surface area contributed by atoms with Gasteiger partial charge in [-0.05, 0) is 48.2 Å². The van der Waals surface area contributed by atoms with E-state index in [1.54, 1.807) is 67.1 Å². The Morgan fingerprint density at radius 3 is 2.58 bits per heavy atom. The number of anilines is 1. The van der Waals surface area contributed by atoms with Crippen molar-refractivity contribution in [2.24, 2.45) is 0 Å². The number of nitrogens with one attached hydrogen (secondary N) is 1. The molecule has 4 rings (SSSR count). The number of nitrogens with zero attached hydrogens (tertiary/aromatic N) is 2. The van der Waals surface area contributed by atoms with Gasteiger partial charge in [0.15, 0.2) is 5.78 Å². The zero-order valence-electron chi connectivity index (χ0n) is 18.0. The van der Waals surface area contributed by atoms with E-state index >= 15 is 0 Å². The molecule has 0 unspecified atom stereocenters. The van der Waals surface area contributed by atoms with Crippen molar-refractivity contribution in [2.75, 3.05) is 12.4 Å². The Balaban J connectivity index is 1.69. The van der Waals surface area contributed by atoms with Crippen LogP contribution in [-0.2, 0) is 17.9 Å². The summed E-state index contributed by atoms with van der Waals surface area (Å²) in [5, 5.41) is 4.43.